The molecule has 124 valence electrons. The summed E-state index contributed by atoms with van der Waals surface area (Å²) < 4.78 is 1.88. The fourth-order valence-electron chi connectivity index (χ4n) is 2.64. The van der Waals surface area contributed by atoms with Crippen LogP contribution in [0.3, 0.4) is 0 Å². The number of urea groups is 1. The van der Waals surface area contributed by atoms with Gasteiger partial charge < -0.3 is 10.6 Å². The second-order valence-corrected chi connectivity index (χ2v) is 5.97. The Morgan fingerprint density at radius 3 is 2.57 bits per heavy atom. The van der Waals surface area contributed by atoms with Gasteiger partial charge in [-0.3, -0.25) is 9.67 Å². The van der Waals surface area contributed by atoms with Crippen LogP contribution in [0.25, 0.3) is 0 Å². The second-order valence-electron chi connectivity index (χ2n) is 5.97. The number of aromatic nitrogens is 3. The summed E-state index contributed by atoms with van der Waals surface area (Å²) in [6.45, 7) is 7.96. The van der Waals surface area contributed by atoms with Crippen molar-refractivity contribution < 1.29 is 4.79 Å². The Morgan fingerprint density at radius 2 is 2.00 bits per heavy atom. The lowest BCUT2D eigenvalue weighted by Crippen LogP contribution is -2.42. The van der Waals surface area contributed by atoms with Crippen LogP contribution in [0, 0.1) is 13.8 Å². The smallest absolute Gasteiger partial charge is 0.315 e. The standard InChI is InChI=1S/C17H25N5O/c1-11(10-15-12(2)21-22(5)14(15)4)19-17(23)20-13(3)16-8-6-7-9-18-16/h6-9,11,13H,10H2,1-5H3,(H2,19,20,23)/t11-,13-/m1/s1. The molecule has 0 aliphatic rings. The van der Waals surface area contributed by atoms with E-state index < -0.39 is 0 Å². The first-order chi connectivity index (χ1) is 10.9. The van der Waals surface area contributed by atoms with E-state index in [-0.39, 0.29) is 18.1 Å². The van der Waals surface area contributed by atoms with Crippen LogP contribution < -0.4 is 10.6 Å². The van der Waals surface area contributed by atoms with Gasteiger partial charge in [0.15, 0.2) is 0 Å². The number of hydrogen-bond donors (Lipinski definition) is 2. The van der Waals surface area contributed by atoms with Crippen molar-refractivity contribution in [3.63, 3.8) is 0 Å². The summed E-state index contributed by atoms with van der Waals surface area (Å²) in [5, 5.41) is 10.3. The molecule has 2 amide bonds. The van der Waals surface area contributed by atoms with Crippen molar-refractivity contribution in [2.45, 2.75) is 46.2 Å². The molecule has 23 heavy (non-hydrogen) atoms. The van der Waals surface area contributed by atoms with Crippen LogP contribution >= 0.6 is 0 Å². The lowest BCUT2D eigenvalue weighted by molar-refractivity contribution is 0.234. The molecule has 6 nitrogen and oxygen atoms in total. The number of aryl methyl sites for hydroxylation is 2. The highest BCUT2D eigenvalue weighted by molar-refractivity contribution is 5.74. The van der Waals surface area contributed by atoms with Crippen LogP contribution in [0.2, 0.25) is 0 Å². The van der Waals surface area contributed by atoms with E-state index >= 15 is 0 Å². The first kappa shape index (κ1) is 17.0. The third kappa shape index (κ3) is 4.31. The van der Waals surface area contributed by atoms with Gasteiger partial charge in [-0.25, -0.2) is 4.79 Å². The molecule has 2 rings (SSSR count). The van der Waals surface area contributed by atoms with Crippen molar-refractivity contribution in [2.24, 2.45) is 7.05 Å². The molecule has 0 aliphatic carbocycles. The van der Waals surface area contributed by atoms with Crippen molar-refractivity contribution in [1.29, 1.82) is 0 Å². The largest absolute Gasteiger partial charge is 0.335 e. The van der Waals surface area contributed by atoms with E-state index in [4.69, 9.17) is 0 Å². The Hall–Kier alpha value is -2.37. The fraction of sp³-hybridized carbons (Fsp3) is 0.471. The van der Waals surface area contributed by atoms with E-state index in [0.29, 0.717) is 0 Å². The lowest BCUT2D eigenvalue weighted by atomic mass is 10.1. The summed E-state index contributed by atoms with van der Waals surface area (Å²) >= 11 is 0. The van der Waals surface area contributed by atoms with E-state index in [1.165, 1.54) is 5.56 Å². The second kappa shape index (κ2) is 7.26. The Morgan fingerprint density at radius 1 is 1.26 bits per heavy atom. The zero-order valence-electron chi connectivity index (χ0n) is 14.4. The number of amides is 2. The van der Waals surface area contributed by atoms with Crippen LogP contribution in [0.4, 0.5) is 4.79 Å². The SMILES string of the molecule is Cc1nn(C)c(C)c1C[C@@H](C)NC(=O)N[C@H](C)c1ccccn1. The third-order valence-corrected chi connectivity index (χ3v) is 4.03. The van der Waals surface area contributed by atoms with Crippen molar-refractivity contribution >= 4 is 6.03 Å². The van der Waals surface area contributed by atoms with Crippen LogP contribution in [0.5, 0.6) is 0 Å². The first-order valence-corrected chi connectivity index (χ1v) is 7.85. The highest BCUT2D eigenvalue weighted by atomic mass is 16.2. The van der Waals surface area contributed by atoms with E-state index in [0.717, 1.165) is 23.5 Å². The topological polar surface area (TPSA) is 71.8 Å². The lowest BCUT2D eigenvalue weighted by Gasteiger charge is -2.18. The number of nitrogens with zero attached hydrogens (tertiary/aromatic N) is 3. The number of nitrogens with one attached hydrogen (secondary N) is 2. The monoisotopic (exact) mass is 315 g/mol. The molecular formula is C17H25N5O. The Bertz CT molecular complexity index is 665. The molecular weight excluding hydrogens is 290 g/mol. The molecule has 2 N–H and O–H groups in total. The molecule has 0 spiro atoms. The molecule has 2 aromatic rings. The third-order valence-electron chi connectivity index (χ3n) is 4.03. The maximum Gasteiger partial charge on any atom is 0.315 e. The molecule has 2 aromatic heterocycles. The van der Waals surface area contributed by atoms with Crippen molar-refractivity contribution in [3.05, 3.63) is 47.0 Å². The first-order valence-electron chi connectivity index (χ1n) is 7.85. The predicted molar refractivity (Wildman–Crippen MR) is 90.2 cm³/mol. The van der Waals surface area contributed by atoms with E-state index in [2.05, 4.69) is 20.7 Å². The average molecular weight is 315 g/mol. The quantitative estimate of drug-likeness (QED) is 0.890. The summed E-state index contributed by atoms with van der Waals surface area (Å²) in [6.07, 6.45) is 2.49. The zero-order chi connectivity index (χ0) is 17.0. The Kier molecular flexibility index (Phi) is 5.36. The molecule has 0 bridgehead atoms. The molecule has 2 heterocycles. The minimum Gasteiger partial charge on any atom is -0.335 e. The van der Waals surface area contributed by atoms with Gasteiger partial charge in [-0.05, 0) is 51.8 Å². The normalized spacial score (nSPS) is 13.4. The number of pyridine rings is 1. The Balaban J connectivity index is 1.90. The molecule has 0 unspecified atom stereocenters. The van der Waals surface area contributed by atoms with Crippen LogP contribution in [0.1, 0.15) is 42.5 Å². The molecule has 2 atom stereocenters. The molecule has 0 radical (unpaired) electrons. The van der Waals surface area contributed by atoms with E-state index in [1.54, 1.807) is 6.20 Å². The maximum absolute atomic E-state index is 12.1. The van der Waals surface area contributed by atoms with Gasteiger partial charge in [0.05, 0.1) is 17.4 Å². The summed E-state index contributed by atoms with van der Waals surface area (Å²) in [5.74, 6) is 0. The summed E-state index contributed by atoms with van der Waals surface area (Å²) in [6, 6.07) is 5.37. The number of hydrogen-bond acceptors (Lipinski definition) is 3. The highest BCUT2D eigenvalue weighted by Crippen LogP contribution is 2.14. The minimum atomic E-state index is -0.185. The highest BCUT2D eigenvalue weighted by Gasteiger charge is 2.16. The van der Waals surface area contributed by atoms with Gasteiger partial charge in [-0.2, -0.15) is 5.10 Å². The minimum absolute atomic E-state index is 0.0209. The molecule has 0 aliphatic heterocycles. The van der Waals surface area contributed by atoms with Gasteiger partial charge in [0.2, 0.25) is 0 Å². The van der Waals surface area contributed by atoms with Gasteiger partial charge >= 0.3 is 6.03 Å². The van der Waals surface area contributed by atoms with Gasteiger partial charge in [0, 0.05) is 25.0 Å². The van der Waals surface area contributed by atoms with Crippen LogP contribution in [-0.2, 0) is 13.5 Å². The van der Waals surface area contributed by atoms with Crippen LogP contribution in [-0.4, -0.2) is 26.8 Å². The van der Waals surface area contributed by atoms with Gasteiger partial charge in [-0.1, -0.05) is 6.07 Å². The average Bonchev–Trinajstić information content (AvgIpc) is 2.74. The number of rotatable bonds is 5. The van der Waals surface area contributed by atoms with E-state index in [1.807, 2.05) is 57.6 Å². The summed E-state index contributed by atoms with van der Waals surface area (Å²) in [4.78, 5) is 16.4. The van der Waals surface area contributed by atoms with Crippen molar-refractivity contribution in [2.75, 3.05) is 0 Å². The maximum atomic E-state index is 12.1. The summed E-state index contributed by atoms with van der Waals surface area (Å²) in [7, 11) is 1.94. The van der Waals surface area contributed by atoms with Gasteiger partial charge in [-0.15, -0.1) is 0 Å². The fourth-order valence-corrected chi connectivity index (χ4v) is 2.64. The molecule has 0 fully saturated rings. The zero-order valence-corrected chi connectivity index (χ0v) is 14.4. The number of carbonyl (C=O) groups is 1. The van der Waals surface area contributed by atoms with Crippen LogP contribution in [0.15, 0.2) is 24.4 Å². The van der Waals surface area contributed by atoms with Crippen molar-refractivity contribution in [1.82, 2.24) is 25.4 Å². The predicted octanol–water partition coefficient (Wildman–Crippen LogP) is 2.42. The molecule has 0 saturated carbocycles. The molecule has 0 aromatic carbocycles. The number of carbonyl (C=O) groups excluding carboxylic acids is 1. The Labute approximate surface area is 137 Å². The van der Waals surface area contributed by atoms with Gasteiger partial charge in [0.1, 0.15) is 0 Å². The van der Waals surface area contributed by atoms with Crippen molar-refractivity contribution in [3.8, 4) is 0 Å². The van der Waals surface area contributed by atoms with Gasteiger partial charge in [0.25, 0.3) is 0 Å². The van der Waals surface area contributed by atoms with E-state index in [9.17, 15) is 4.79 Å². The molecule has 0 saturated heterocycles. The summed E-state index contributed by atoms with van der Waals surface area (Å²) in [5.41, 5.74) is 4.19. The molecule has 6 heteroatoms.